The summed E-state index contributed by atoms with van der Waals surface area (Å²) in [6, 6.07) is 10.6. The Hall–Kier alpha value is -1.95. The Bertz CT molecular complexity index is 779. The fraction of sp³-hybridized carbons (Fsp3) is 0.350. The van der Waals surface area contributed by atoms with Gasteiger partial charge in [-0.3, -0.25) is 4.79 Å². The number of hydrogen-bond donors (Lipinski definition) is 2. The Balaban J connectivity index is 2.06. The normalized spacial score (nSPS) is 13.0. The van der Waals surface area contributed by atoms with Gasteiger partial charge in [0.15, 0.2) is 17.5 Å². The van der Waals surface area contributed by atoms with Crippen molar-refractivity contribution < 1.29 is 19.2 Å². The molecular formula is C20H25Cl2N2O3+. The van der Waals surface area contributed by atoms with Crippen LogP contribution in [0.4, 0.5) is 5.69 Å². The summed E-state index contributed by atoms with van der Waals surface area (Å²) in [5, 5.41) is 3.65. The maximum Gasteiger partial charge on any atom is 0.282 e. The highest BCUT2D eigenvalue weighted by Gasteiger charge is 2.24. The van der Waals surface area contributed by atoms with Gasteiger partial charge < -0.3 is 19.7 Å². The van der Waals surface area contributed by atoms with E-state index in [0.29, 0.717) is 40.4 Å². The van der Waals surface area contributed by atoms with Gasteiger partial charge in [-0.15, -0.1) is 0 Å². The number of likely N-dealkylation sites (N-methyl/N-ethyl adjacent to an activating group) is 1. The Kier molecular flexibility index (Phi) is 7.78. The number of nitrogens with one attached hydrogen (secondary N) is 2. The van der Waals surface area contributed by atoms with Crippen molar-refractivity contribution in [2.75, 3.05) is 26.1 Å². The summed E-state index contributed by atoms with van der Waals surface area (Å²) in [5.41, 5.74) is 1.48. The maximum atomic E-state index is 12.6. The number of amides is 1. The third-order valence-corrected chi connectivity index (χ3v) is 4.98. The first kappa shape index (κ1) is 21.4. The van der Waals surface area contributed by atoms with E-state index in [-0.39, 0.29) is 11.9 Å². The molecule has 0 aliphatic heterocycles. The molecule has 0 aromatic heterocycles. The lowest BCUT2D eigenvalue weighted by Crippen LogP contribution is -3.12. The summed E-state index contributed by atoms with van der Waals surface area (Å²) < 4.78 is 10.9. The first-order chi connectivity index (χ1) is 12.9. The molecule has 0 heterocycles. The maximum absolute atomic E-state index is 12.6. The quantitative estimate of drug-likeness (QED) is 0.699. The molecule has 1 amide bonds. The van der Waals surface area contributed by atoms with Gasteiger partial charge in [0.2, 0.25) is 0 Å². The van der Waals surface area contributed by atoms with Crippen molar-refractivity contribution in [2.24, 2.45) is 0 Å². The topological polar surface area (TPSA) is 52.0 Å². The van der Waals surface area contributed by atoms with Crippen LogP contribution < -0.4 is 19.7 Å². The van der Waals surface area contributed by atoms with Crippen molar-refractivity contribution >= 4 is 34.8 Å². The van der Waals surface area contributed by atoms with Gasteiger partial charge in [-0.05, 0) is 44.2 Å². The first-order valence-corrected chi connectivity index (χ1v) is 9.49. The molecule has 7 heteroatoms. The molecule has 2 aromatic carbocycles. The zero-order chi connectivity index (χ0) is 20.0. The molecule has 2 aromatic rings. The van der Waals surface area contributed by atoms with E-state index in [0.717, 1.165) is 10.5 Å². The van der Waals surface area contributed by atoms with Gasteiger partial charge in [0, 0.05) is 5.56 Å². The minimum absolute atomic E-state index is 0.152. The van der Waals surface area contributed by atoms with Gasteiger partial charge in [0.1, 0.15) is 6.54 Å². The van der Waals surface area contributed by atoms with Crippen LogP contribution in [0.2, 0.25) is 10.0 Å². The molecule has 2 rings (SSSR count). The molecule has 0 fully saturated rings. The number of para-hydroxylation sites is 1. The Labute approximate surface area is 170 Å². The van der Waals surface area contributed by atoms with Crippen molar-refractivity contribution in [2.45, 2.75) is 26.4 Å². The van der Waals surface area contributed by atoms with Crippen LogP contribution in [0.1, 0.15) is 19.4 Å². The van der Waals surface area contributed by atoms with Crippen molar-refractivity contribution in [3.8, 4) is 11.5 Å². The fourth-order valence-electron chi connectivity index (χ4n) is 2.64. The number of ether oxygens (including phenoxy) is 2. The second-order valence-corrected chi connectivity index (χ2v) is 7.06. The van der Waals surface area contributed by atoms with E-state index in [2.05, 4.69) is 5.32 Å². The lowest BCUT2D eigenvalue weighted by atomic mass is 10.1. The number of carbonyl (C=O) groups is 1. The van der Waals surface area contributed by atoms with Crippen molar-refractivity contribution in [1.29, 1.82) is 0 Å². The van der Waals surface area contributed by atoms with E-state index in [9.17, 15) is 4.79 Å². The highest BCUT2D eigenvalue weighted by Crippen LogP contribution is 2.30. The molecule has 0 saturated carbocycles. The smallest absolute Gasteiger partial charge is 0.282 e. The van der Waals surface area contributed by atoms with Crippen LogP contribution in [-0.4, -0.2) is 32.7 Å². The molecule has 0 saturated heterocycles. The molecule has 1 unspecified atom stereocenters. The Morgan fingerprint density at radius 1 is 1.19 bits per heavy atom. The van der Waals surface area contributed by atoms with Gasteiger partial charge in [-0.25, -0.2) is 0 Å². The van der Waals surface area contributed by atoms with Crippen LogP contribution >= 0.6 is 23.2 Å². The number of carbonyl (C=O) groups excluding carboxylic acids is 1. The minimum Gasteiger partial charge on any atom is -0.493 e. The molecule has 5 nitrogen and oxygen atoms in total. The fourth-order valence-corrected chi connectivity index (χ4v) is 3.14. The van der Waals surface area contributed by atoms with Gasteiger partial charge in [0.05, 0.1) is 36.5 Å². The van der Waals surface area contributed by atoms with Crippen LogP contribution in [0.3, 0.4) is 0 Å². The molecule has 146 valence electrons. The van der Waals surface area contributed by atoms with Crippen LogP contribution in [0.5, 0.6) is 11.5 Å². The van der Waals surface area contributed by atoms with Gasteiger partial charge >= 0.3 is 0 Å². The molecule has 0 spiro atoms. The van der Waals surface area contributed by atoms with Gasteiger partial charge in [-0.1, -0.05) is 29.3 Å². The summed E-state index contributed by atoms with van der Waals surface area (Å²) >= 11 is 12.3. The lowest BCUT2D eigenvalue weighted by Gasteiger charge is -2.22. The predicted molar refractivity (Wildman–Crippen MR) is 109 cm³/mol. The summed E-state index contributed by atoms with van der Waals surface area (Å²) in [6.45, 7) is 5.01. The third-order valence-electron chi connectivity index (χ3n) is 4.35. The van der Waals surface area contributed by atoms with E-state index < -0.39 is 0 Å². The highest BCUT2D eigenvalue weighted by atomic mass is 35.5. The summed E-state index contributed by atoms with van der Waals surface area (Å²) in [5.74, 6) is 1.24. The number of halogens is 2. The molecule has 27 heavy (non-hydrogen) atoms. The van der Waals surface area contributed by atoms with E-state index in [1.54, 1.807) is 25.3 Å². The number of methoxy groups -OCH3 is 1. The monoisotopic (exact) mass is 411 g/mol. The Morgan fingerprint density at radius 3 is 2.44 bits per heavy atom. The number of hydrogen-bond acceptors (Lipinski definition) is 3. The molecule has 0 radical (unpaired) electrons. The number of anilines is 1. The largest absolute Gasteiger partial charge is 0.493 e. The second kappa shape index (κ2) is 9.83. The van der Waals surface area contributed by atoms with E-state index in [1.807, 2.05) is 39.1 Å². The van der Waals surface area contributed by atoms with Crippen molar-refractivity contribution in [3.63, 3.8) is 0 Å². The van der Waals surface area contributed by atoms with E-state index in [1.165, 1.54) is 0 Å². The SMILES string of the molecule is CCOc1ccc(C[NH+](C)[C@H](C)C(=O)Nc2c(Cl)cccc2Cl)cc1OC. The van der Waals surface area contributed by atoms with E-state index in [4.69, 9.17) is 32.7 Å². The van der Waals surface area contributed by atoms with Crippen LogP contribution in [0.15, 0.2) is 36.4 Å². The van der Waals surface area contributed by atoms with Crippen LogP contribution in [0.25, 0.3) is 0 Å². The summed E-state index contributed by atoms with van der Waals surface area (Å²) in [6.07, 6.45) is 0. The molecule has 2 atom stereocenters. The first-order valence-electron chi connectivity index (χ1n) is 8.74. The van der Waals surface area contributed by atoms with E-state index >= 15 is 0 Å². The van der Waals surface area contributed by atoms with Gasteiger partial charge in [0.25, 0.3) is 5.91 Å². The van der Waals surface area contributed by atoms with Crippen LogP contribution in [-0.2, 0) is 11.3 Å². The van der Waals surface area contributed by atoms with Crippen molar-refractivity contribution in [1.82, 2.24) is 0 Å². The molecule has 2 N–H and O–H groups in total. The minimum atomic E-state index is -0.310. The standard InChI is InChI=1S/C20H24Cl2N2O3/c1-5-27-17-10-9-14(11-18(17)26-4)12-24(3)13(2)20(25)23-19-15(21)7-6-8-16(19)22/h6-11,13H,5,12H2,1-4H3,(H,23,25)/p+1/t13-/m1/s1. The lowest BCUT2D eigenvalue weighted by molar-refractivity contribution is -0.907. The van der Waals surface area contributed by atoms with Crippen LogP contribution in [0, 0.1) is 0 Å². The van der Waals surface area contributed by atoms with Crippen molar-refractivity contribution in [3.05, 3.63) is 52.0 Å². The molecule has 0 aliphatic carbocycles. The Morgan fingerprint density at radius 2 is 1.85 bits per heavy atom. The average Bonchev–Trinajstić information content (AvgIpc) is 2.65. The van der Waals surface area contributed by atoms with Gasteiger partial charge in [-0.2, -0.15) is 0 Å². The number of quaternary nitrogens is 1. The summed E-state index contributed by atoms with van der Waals surface area (Å²) in [4.78, 5) is 13.6. The zero-order valence-corrected chi connectivity index (χ0v) is 17.4. The molecular weight excluding hydrogens is 387 g/mol. The zero-order valence-electron chi connectivity index (χ0n) is 15.9. The number of rotatable bonds is 8. The highest BCUT2D eigenvalue weighted by molar-refractivity contribution is 6.39. The predicted octanol–water partition coefficient (Wildman–Crippen LogP) is 3.44. The average molecular weight is 412 g/mol. The third kappa shape index (κ3) is 5.51. The molecule has 0 bridgehead atoms. The summed E-state index contributed by atoms with van der Waals surface area (Å²) in [7, 11) is 3.57. The molecule has 0 aliphatic rings. The number of benzene rings is 2. The second-order valence-electron chi connectivity index (χ2n) is 6.25.